The number of hydrogen-bond acceptors (Lipinski definition) is 8. The van der Waals surface area contributed by atoms with Crippen LogP contribution in [0.2, 0.25) is 0 Å². The summed E-state index contributed by atoms with van der Waals surface area (Å²) in [5, 5.41) is 0.553. The number of ether oxygens (including phenoxy) is 2. The van der Waals surface area contributed by atoms with E-state index in [1.54, 1.807) is 29.1 Å². The Balaban J connectivity index is 1.19. The van der Waals surface area contributed by atoms with Crippen LogP contribution in [0.1, 0.15) is 17.8 Å². The average molecular weight is 499 g/mol. The van der Waals surface area contributed by atoms with Gasteiger partial charge in [-0.1, -0.05) is 18.2 Å². The fourth-order valence-corrected chi connectivity index (χ4v) is 4.78. The molecule has 1 saturated heterocycles. The first-order chi connectivity index (χ1) is 18.2. The monoisotopic (exact) mass is 498 g/mol. The number of piperazine rings is 1. The Morgan fingerprint density at radius 2 is 1.70 bits per heavy atom. The van der Waals surface area contributed by atoms with Gasteiger partial charge in [-0.25, -0.2) is 15.0 Å². The lowest BCUT2D eigenvalue weighted by Crippen LogP contribution is -2.49. The average Bonchev–Trinajstić information content (AvgIpc) is 3.42. The zero-order valence-corrected chi connectivity index (χ0v) is 20.2. The van der Waals surface area contributed by atoms with Crippen LogP contribution >= 0.6 is 0 Å². The normalized spacial score (nSPS) is 14.8. The number of carbonyl (C=O) groups excluding carboxylic acids is 1. The zero-order valence-electron chi connectivity index (χ0n) is 20.2. The third-order valence-corrected chi connectivity index (χ3v) is 6.75. The van der Waals surface area contributed by atoms with Gasteiger partial charge in [0.2, 0.25) is 18.6 Å². The summed E-state index contributed by atoms with van der Waals surface area (Å²) in [4.78, 5) is 43.9. The highest BCUT2D eigenvalue weighted by Gasteiger charge is 2.23. The van der Waals surface area contributed by atoms with Crippen molar-refractivity contribution in [1.82, 2.24) is 24.4 Å². The van der Waals surface area contributed by atoms with Crippen molar-refractivity contribution in [3.8, 4) is 11.5 Å². The fourth-order valence-electron chi connectivity index (χ4n) is 4.78. The highest BCUT2D eigenvalue weighted by molar-refractivity contribution is 5.78. The van der Waals surface area contributed by atoms with E-state index in [0.29, 0.717) is 73.3 Å². The predicted molar refractivity (Wildman–Crippen MR) is 137 cm³/mol. The number of aryl methyl sites for hydroxylation is 1. The van der Waals surface area contributed by atoms with E-state index < -0.39 is 0 Å². The Bertz CT molecular complexity index is 1500. The molecule has 0 radical (unpaired) electrons. The maximum Gasteiger partial charge on any atom is 0.261 e. The van der Waals surface area contributed by atoms with E-state index in [0.717, 1.165) is 5.56 Å². The molecule has 0 atom stereocenters. The minimum Gasteiger partial charge on any atom is -0.454 e. The molecule has 1 amide bonds. The SMILES string of the molecule is O=C(CCc1nc2ccccc2c(=O)n1Cc1ccc2c(c1)OCO2)N1CCN(c2ncccn2)CC1. The highest BCUT2D eigenvalue weighted by atomic mass is 16.7. The molecule has 0 unspecified atom stereocenters. The van der Waals surface area contributed by atoms with Crippen LogP contribution in [0.4, 0.5) is 5.95 Å². The minimum atomic E-state index is -0.123. The lowest BCUT2D eigenvalue weighted by atomic mass is 10.1. The summed E-state index contributed by atoms with van der Waals surface area (Å²) in [6.45, 7) is 3.08. The summed E-state index contributed by atoms with van der Waals surface area (Å²) in [5.41, 5.74) is 1.41. The first-order valence-corrected chi connectivity index (χ1v) is 12.3. The maximum absolute atomic E-state index is 13.5. The van der Waals surface area contributed by atoms with E-state index in [1.165, 1.54) is 0 Å². The standard InChI is InChI=1S/C27H26N6O4/c34-25(31-12-14-32(15-13-31)27-28-10-3-11-29-27)9-8-24-30-21-5-2-1-4-20(21)26(35)33(24)17-19-6-7-22-23(16-19)37-18-36-22/h1-7,10-11,16H,8-9,12-15,17-18H2. The van der Waals surface area contributed by atoms with Crippen LogP contribution in [0.15, 0.2) is 65.7 Å². The first-order valence-electron chi connectivity index (χ1n) is 12.3. The lowest BCUT2D eigenvalue weighted by molar-refractivity contribution is -0.131. The topological polar surface area (TPSA) is 103 Å². The van der Waals surface area contributed by atoms with Gasteiger partial charge in [0.25, 0.3) is 5.56 Å². The predicted octanol–water partition coefficient (Wildman–Crippen LogP) is 2.24. The maximum atomic E-state index is 13.5. The van der Waals surface area contributed by atoms with Gasteiger partial charge in [-0.3, -0.25) is 14.2 Å². The summed E-state index contributed by atoms with van der Waals surface area (Å²) in [6, 6.07) is 14.7. The second kappa shape index (κ2) is 9.88. The summed E-state index contributed by atoms with van der Waals surface area (Å²) in [7, 11) is 0. The van der Waals surface area contributed by atoms with Crippen LogP contribution < -0.4 is 19.9 Å². The van der Waals surface area contributed by atoms with Gasteiger partial charge < -0.3 is 19.3 Å². The molecule has 6 rings (SSSR count). The van der Waals surface area contributed by atoms with Crippen LogP contribution in [0, 0.1) is 0 Å². The number of hydrogen-bond donors (Lipinski definition) is 0. The first kappa shape index (κ1) is 23.0. The summed E-state index contributed by atoms with van der Waals surface area (Å²) < 4.78 is 12.6. The molecule has 2 aliphatic rings. The summed E-state index contributed by atoms with van der Waals surface area (Å²) in [6.07, 6.45) is 4.08. The third-order valence-electron chi connectivity index (χ3n) is 6.75. The molecule has 0 N–H and O–H groups in total. The van der Waals surface area contributed by atoms with Gasteiger partial charge in [-0.05, 0) is 35.9 Å². The van der Waals surface area contributed by atoms with Crippen molar-refractivity contribution in [2.45, 2.75) is 19.4 Å². The van der Waals surface area contributed by atoms with E-state index in [2.05, 4.69) is 14.9 Å². The Morgan fingerprint density at radius 1 is 0.919 bits per heavy atom. The van der Waals surface area contributed by atoms with Gasteiger partial charge in [0.15, 0.2) is 11.5 Å². The summed E-state index contributed by atoms with van der Waals surface area (Å²) >= 11 is 0. The minimum absolute atomic E-state index is 0.0469. The molecular formula is C27H26N6O4. The number of amides is 1. The van der Waals surface area contributed by atoms with Crippen LogP contribution in [-0.2, 0) is 17.8 Å². The molecule has 10 nitrogen and oxygen atoms in total. The molecular weight excluding hydrogens is 472 g/mol. The van der Waals surface area contributed by atoms with Crippen molar-refractivity contribution < 1.29 is 14.3 Å². The molecule has 0 saturated carbocycles. The largest absolute Gasteiger partial charge is 0.454 e. The third kappa shape index (κ3) is 4.69. The lowest BCUT2D eigenvalue weighted by Gasteiger charge is -2.34. The molecule has 4 heterocycles. The van der Waals surface area contributed by atoms with Gasteiger partial charge >= 0.3 is 0 Å². The summed E-state index contributed by atoms with van der Waals surface area (Å²) in [5.74, 6) is 2.67. The highest BCUT2D eigenvalue weighted by Crippen LogP contribution is 2.32. The van der Waals surface area contributed by atoms with E-state index in [1.807, 2.05) is 41.3 Å². The van der Waals surface area contributed by atoms with E-state index in [-0.39, 0.29) is 24.7 Å². The van der Waals surface area contributed by atoms with Crippen LogP contribution in [0.5, 0.6) is 11.5 Å². The van der Waals surface area contributed by atoms with E-state index >= 15 is 0 Å². The van der Waals surface area contributed by atoms with Crippen LogP contribution in [0.3, 0.4) is 0 Å². The van der Waals surface area contributed by atoms with Gasteiger partial charge in [0.05, 0.1) is 17.4 Å². The molecule has 10 heteroatoms. The molecule has 2 aromatic heterocycles. The molecule has 0 spiro atoms. The molecule has 2 aliphatic heterocycles. The van der Waals surface area contributed by atoms with E-state index in [4.69, 9.17) is 14.5 Å². The fraction of sp³-hybridized carbons (Fsp3) is 0.296. The van der Waals surface area contributed by atoms with Crippen molar-refractivity contribution in [2.24, 2.45) is 0 Å². The molecule has 4 aromatic rings. The quantitative estimate of drug-likeness (QED) is 0.399. The molecule has 2 aromatic carbocycles. The Kier molecular flexibility index (Phi) is 6.13. The van der Waals surface area contributed by atoms with Crippen molar-refractivity contribution >= 4 is 22.8 Å². The van der Waals surface area contributed by atoms with Crippen LogP contribution in [0.25, 0.3) is 10.9 Å². The number of benzene rings is 2. The van der Waals surface area contributed by atoms with Gasteiger partial charge in [-0.2, -0.15) is 0 Å². The second-order valence-electron chi connectivity index (χ2n) is 9.04. The zero-order chi connectivity index (χ0) is 25.2. The number of fused-ring (bicyclic) bond motifs is 2. The number of para-hydroxylation sites is 1. The van der Waals surface area contributed by atoms with Crippen molar-refractivity contribution in [1.29, 1.82) is 0 Å². The van der Waals surface area contributed by atoms with Gasteiger partial charge in [0, 0.05) is 51.4 Å². The van der Waals surface area contributed by atoms with E-state index in [9.17, 15) is 9.59 Å². The van der Waals surface area contributed by atoms with Crippen molar-refractivity contribution in [3.63, 3.8) is 0 Å². The number of aromatic nitrogens is 4. The van der Waals surface area contributed by atoms with Crippen LogP contribution in [-0.4, -0.2) is 63.3 Å². The van der Waals surface area contributed by atoms with Gasteiger partial charge in [0.1, 0.15) is 5.82 Å². The molecule has 1 fully saturated rings. The second-order valence-corrected chi connectivity index (χ2v) is 9.04. The number of nitrogens with zero attached hydrogens (tertiary/aromatic N) is 6. The molecule has 0 bridgehead atoms. The number of rotatable bonds is 6. The van der Waals surface area contributed by atoms with Crippen molar-refractivity contribution in [3.05, 3.63) is 82.7 Å². The molecule has 37 heavy (non-hydrogen) atoms. The number of anilines is 1. The number of carbonyl (C=O) groups is 1. The molecule has 0 aliphatic carbocycles. The molecule has 188 valence electrons. The Morgan fingerprint density at radius 3 is 2.54 bits per heavy atom. The Hall–Kier alpha value is -4.47. The Labute approximate surface area is 213 Å². The van der Waals surface area contributed by atoms with Gasteiger partial charge in [-0.15, -0.1) is 0 Å². The smallest absolute Gasteiger partial charge is 0.261 e. The van der Waals surface area contributed by atoms with Crippen molar-refractivity contribution in [2.75, 3.05) is 37.9 Å².